The molecule has 2 N–H and O–H groups in total. The predicted molar refractivity (Wildman–Crippen MR) is 78.2 cm³/mol. The van der Waals surface area contributed by atoms with E-state index in [0.717, 1.165) is 27.8 Å². The molecule has 0 radical (unpaired) electrons. The lowest BCUT2D eigenvalue weighted by molar-refractivity contribution is 0.857. The van der Waals surface area contributed by atoms with Crippen LogP contribution in [0.15, 0.2) is 37.9 Å². The molecule has 0 atom stereocenters. The summed E-state index contributed by atoms with van der Waals surface area (Å²) in [7, 11) is 0. The zero-order chi connectivity index (χ0) is 13.2. The molecule has 90 valence electrons. The highest BCUT2D eigenvalue weighted by atomic mass is 14.6. The second-order valence-electron chi connectivity index (χ2n) is 4.78. The topological polar surface area (TPSA) is 26.0 Å². The minimum Gasteiger partial charge on any atom is -0.399 e. The summed E-state index contributed by atoms with van der Waals surface area (Å²) in [6.07, 6.45) is 0. The van der Waals surface area contributed by atoms with Gasteiger partial charge in [0.2, 0.25) is 0 Å². The maximum Gasteiger partial charge on any atom is 0.0315 e. The smallest absolute Gasteiger partial charge is 0.0315 e. The van der Waals surface area contributed by atoms with Gasteiger partial charge >= 0.3 is 0 Å². The average molecular weight is 227 g/mol. The third-order valence-electron chi connectivity index (χ3n) is 2.86. The second-order valence-corrected chi connectivity index (χ2v) is 4.78. The monoisotopic (exact) mass is 227 g/mol. The van der Waals surface area contributed by atoms with Gasteiger partial charge in [-0.3, -0.25) is 0 Å². The maximum absolute atomic E-state index is 5.77. The van der Waals surface area contributed by atoms with Crippen LogP contribution in [-0.4, -0.2) is 0 Å². The first-order valence-electron chi connectivity index (χ1n) is 5.77. The van der Waals surface area contributed by atoms with Gasteiger partial charge in [-0.15, -0.1) is 0 Å². The molecule has 0 spiro atoms. The van der Waals surface area contributed by atoms with Gasteiger partial charge in [-0.05, 0) is 53.3 Å². The molecule has 0 saturated heterocycles. The molecular formula is C16H21N. The molecule has 0 aliphatic rings. The molecular weight excluding hydrogens is 206 g/mol. The Hall–Kier alpha value is -1.76. The van der Waals surface area contributed by atoms with Crippen LogP contribution in [0, 0.1) is 5.92 Å². The fourth-order valence-electron chi connectivity index (χ4n) is 1.58. The Kier molecular flexibility index (Phi) is 3.95. The first-order chi connectivity index (χ1) is 7.82. The molecule has 1 nitrogen and oxygen atoms in total. The Labute approximate surface area is 104 Å². The average Bonchev–Trinajstić information content (AvgIpc) is 2.27. The van der Waals surface area contributed by atoms with E-state index < -0.39 is 0 Å². The number of hydrogen-bond acceptors (Lipinski definition) is 1. The van der Waals surface area contributed by atoms with Crippen molar-refractivity contribution in [1.82, 2.24) is 0 Å². The lowest BCUT2D eigenvalue weighted by Crippen LogP contribution is -1.99. The number of benzene rings is 1. The quantitative estimate of drug-likeness (QED) is 0.814. The normalized spacial score (nSPS) is 10.4. The van der Waals surface area contributed by atoms with E-state index in [1.54, 1.807) is 0 Å². The minimum absolute atomic E-state index is 0.411. The summed E-state index contributed by atoms with van der Waals surface area (Å²) in [5.41, 5.74) is 11.6. The van der Waals surface area contributed by atoms with Crippen LogP contribution >= 0.6 is 0 Å². The van der Waals surface area contributed by atoms with Crippen molar-refractivity contribution in [3.8, 4) is 0 Å². The lowest BCUT2D eigenvalue weighted by Gasteiger charge is -2.14. The third-order valence-corrected chi connectivity index (χ3v) is 2.86. The van der Waals surface area contributed by atoms with Crippen molar-refractivity contribution in [2.24, 2.45) is 11.7 Å². The molecule has 0 unspecified atom stereocenters. The van der Waals surface area contributed by atoms with E-state index in [4.69, 9.17) is 5.73 Å². The zero-order valence-electron chi connectivity index (χ0n) is 11.0. The van der Waals surface area contributed by atoms with Crippen molar-refractivity contribution < 1.29 is 0 Å². The highest BCUT2D eigenvalue weighted by Gasteiger charge is 2.08. The summed E-state index contributed by atoms with van der Waals surface area (Å²) in [4.78, 5) is 0. The van der Waals surface area contributed by atoms with Crippen molar-refractivity contribution in [3.05, 3.63) is 54.6 Å². The van der Waals surface area contributed by atoms with Crippen LogP contribution in [0.4, 0.5) is 0 Å². The largest absolute Gasteiger partial charge is 0.399 e. The standard InChI is InChI=1S/C16H21N/c1-10(2)12(5)15-7-14(11(3)4)8-16(9-15)13(6)17/h7-10H,3,5-6,17H2,1-2,4H3. The summed E-state index contributed by atoms with van der Waals surface area (Å²) >= 11 is 0. The van der Waals surface area contributed by atoms with E-state index in [1.165, 1.54) is 0 Å². The summed E-state index contributed by atoms with van der Waals surface area (Å²) in [5, 5.41) is 0. The van der Waals surface area contributed by atoms with Crippen LogP contribution < -0.4 is 5.73 Å². The Morgan fingerprint density at radius 1 is 1.00 bits per heavy atom. The number of hydrogen-bond donors (Lipinski definition) is 1. The molecule has 1 rings (SSSR count). The first kappa shape index (κ1) is 13.3. The van der Waals surface area contributed by atoms with Gasteiger partial charge in [0.25, 0.3) is 0 Å². The first-order valence-corrected chi connectivity index (χ1v) is 5.77. The highest BCUT2D eigenvalue weighted by molar-refractivity contribution is 5.76. The fraction of sp³-hybridized carbons (Fsp3) is 0.250. The molecule has 0 amide bonds. The molecule has 0 aliphatic heterocycles. The fourth-order valence-corrected chi connectivity index (χ4v) is 1.58. The van der Waals surface area contributed by atoms with Gasteiger partial charge in [-0.1, -0.05) is 39.2 Å². The maximum atomic E-state index is 5.77. The summed E-state index contributed by atoms with van der Waals surface area (Å²) in [6, 6.07) is 6.16. The van der Waals surface area contributed by atoms with Gasteiger partial charge in [0.05, 0.1) is 0 Å². The molecule has 1 aromatic rings. The Morgan fingerprint density at radius 3 is 1.88 bits per heavy atom. The van der Waals surface area contributed by atoms with Crippen molar-refractivity contribution in [1.29, 1.82) is 0 Å². The molecule has 1 heteroatoms. The SMILES string of the molecule is C=C(C)c1cc(C(=C)N)cc(C(=C)C(C)C)c1. The van der Waals surface area contributed by atoms with E-state index in [2.05, 4.69) is 39.7 Å². The van der Waals surface area contributed by atoms with Crippen molar-refractivity contribution in [3.63, 3.8) is 0 Å². The Morgan fingerprint density at radius 2 is 1.47 bits per heavy atom. The third kappa shape index (κ3) is 3.10. The summed E-state index contributed by atoms with van der Waals surface area (Å²) < 4.78 is 0. The Balaban J connectivity index is 3.36. The van der Waals surface area contributed by atoms with Crippen molar-refractivity contribution in [2.45, 2.75) is 20.8 Å². The number of allylic oxidation sites excluding steroid dienone is 2. The van der Waals surface area contributed by atoms with Crippen LogP contribution in [0.3, 0.4) is 0 Å². The zero-order valence-corrected chi connectivity index (χ0v) is 11.0. The number of rotatable bonds is 4. The van der Waals surface area contributed by atoms with E-state index >= 15 is 0 Å². The van der Waals surface area contributed by atoms with Crippen LogP contribution in [-0.2, 0) is 0 Å². The van der Waals surface area contributed by atoms with Gasteiger partial charge in [0, 0.05) is 5.70 Å². The van der Waals surface area contributed by atoms with Crippen LogP contribution in [0.25, 0.3) is 16.8 Å². The van der Waals surface area contributed by atoms with Gasteiger partial charge in [0.15, 0.2) is 0 Å². The van der Waals surface area contributed by atoms with Crippen LogP contribution in [0.5, 0.6) is 0 Å². The summed E-state index contributed by atoms with van der Waals surface area (Å²) in [6.45, 7) is 18.1. The van der Waals surface area contributed by atoms with Gasteiger partial charge in [-0.25, -0.2) is 0 Å². The molecule has 0 aliphatic carbocycles. The molecule has 0 saturated carbocycles. The van der Waals surface area contributed by atoms with Gasteiger partial charge in [-0.2, -0.15) is 0 Å². The Bertz CT molecular complexity index is 446. The number of nitrogens with two attached hydrogens (primary N) is 1. The minimum atomic E-state index is 0.411. The second kappa shape index (κ2) is 5.05. The molecule has 0 bridgehead atoms. The highest BCUT2D eigenvalue weighted by Crippen LogP contribution is 2.27. The van der Waals surface area contributed by atoms with Crippen LogP contribution in [0.2, 0.25) is 0 Å². The predicted octanol–water partition coefficient (Wildman–Crippen LogP) is 4.32. The van der Waals surface area contributed by atoms with E-state index in [1.807, 2.05) is 19.1 Å². The van der Waals surface area contributed by atoms with Gasteiger partial charge < -0.3 is 5.73 Å². The van der Waals surface area contributed by atoms with Crippen molar-refractivity contribution in [2.75, 3.05) is 0 Å². The molecule has 17 heavy (non-hydrogen) atoms. The summed E-state index contributed by atoms with van der Waals surface area (Å²) in [5.74, 6) is 0.411. The lowest BCUT2D eigenvalue weighted by atomic mass is 9.92. The molecule has 0 aromatic heterocycles. The molecule has 1 aromatic carbocycles. The molecule has 0 heterocycles. The van der Waals surface area contributed by atoms with Crippen molar-refractivity contribution >= 4 is 16.8 Å². The van der Waals surface area contributed by atoms with Crippen LogP contribution in [0.1, 0.15) is 37.5 Å². The van der Waals surface area contributed by atoms with E-state index in [-0.39, 0.29) is 0 Å². The van der Waals surface area contributed by atoms with E-state index in [9.17, 15) is 0 Å². The van der Waals surface area contributed by atoms with E-state index in [0.29, 0.717) is 11.6 Å². The molecule has 0 fully saturated rings. The van der Waals surface area contributed by atoms with Gasteiger partial charge in [0.1, 0.15) is 0 Å².